The van der Waals surface area contributed by atoms with Crippen LogP contribution in [0.2, 0.25) is 10.0 Å². The number of benzene rings is 4. The number of hydrogen-bond donors (Lipinski definition) is 0. The second-order valence-electron chi connectivity index (χ2n) is 7.99. The molecule has 0 bridgehead atoms. The summed E-state index contributed by atoms with van der Waals surface area (Å²) in [4.78, 5) is 22.3. The second kappa shape index (κ2) is 11.6. The van der Waals surface area contributed by atoms with Crippen molar-refractivity contribution in [2.75, 3.05) is 0 Å². The average molecular weight is 555 g/mol. The molecule has 4 aromatic rings. The Morgan fingerprint density at radius 3 is 1.35 bits per heavy atom. The van der Waals surface area contributed by atoms with Gasteiger partial charge in [-0.1, -0.05) is 83.9 Å². The Morgan fingerprint density at radius 2 is 1.00 bits per heavy atom. The molecule has 0 spiro atoms. The van der Waals surface area contributed by atoms with Gasteiger partial charge in [0, 0.05) is 22.2 Å². The van der Waals surface area contributed by atoms with Crippen LogP contribution in [-0.2, 0) is 22.1 Å². The van der Waals surface area contributed by atoms with Gasteiger partial charge in [0.25, 0.3) is 11.4 Å². The maximum absolute atomic E-state index is 11.7. The van der Waals surface area contributed by atoms with Crippen LogP contribution in [0.15, 0.2) is 97.1 Å². The molecule has 0 aliphatic rings. The Bertz CT molecular complexity index is 1310. The molecular weight excluding hydrogens is 535 g/mol. The van der Waals surface area contributed by atoms with Crippen molar-refractivity contribution in [2.45, 2.75) is 13.2 Å². The van der Waals surface area contributed by atoms with E-state index in [9.17, 15) is 20.2 Å². The van der Waals surface area contributed by atoms with E-state index in [-0.39, 0.29) is 35.7 Å². The van der Waals surface area contributed by atoms with Gasteiger partial charge < -0.3 is 8.85 Å². The van der Waals surface area contributed by atoms with Gasteiger partial charge >= 0.3 is 8.56 Å². The maximum Gasteiger partial charge on any atom is 0.407 e. The normalized spacial score (nSPS) is 11.3. The summed E-state index contributed by atoms with van der Waals surface area (Å²) in [5.41, 5.74) is 0.273. The average Bonchev–Trinajstić information content (AvgIpc) is 2.90. The molecule has 0 aliphatic carbocycles. The van der Waals surface area contributed by atoms with Crippen LogP contribution in [0.4, 0.5) is 11.4 Å². The van der Waals surface area contributed by atoms with Crippen molar-refractivity contribution in [1.82, 2.24) is 0 Å². The van der Waals surface area contributed by atoms with E-state index in [0.717, 1.165) is 10.4 Å². The third kappa shape index (κ3) is 6.04. The Kier molecular flexibility index (Phi) is 8.32. The van der Waals surface area contributed by atoms with Crippen LogP contribution in [0.5, 0.6) is 0 Å². The highest BCUT2D eigenvalue weighted by molar-refractivity contribution is 6.92. The minimum absolute atomic E-state index is 0.140. The molecule has 188 valence electrons. The Labute approximate surface area is 223 Å². The van der Waals surface area contributed by atoms with Crippen LogP contribution >= 0.6 is 23.2 Å². The molecule has 0 aromatic heterocycles. The van der Waals surface area contributed by atoms with Crippen LogP contribution in [0, 0.1) is 20.2 Å². The van der Waals surface area contributed by atoms with Gasteiger partial charge in [0.15, 0.2) is 0 Å². The zero-order valence-electron chi connectivity index (χ0n) is 19.3. The van der Waals surface area contributed by atoms with E-state index in [0.29, 0.717) is 10.0 Å². The summed E-state index contributed by atoms with van der Waals surface area (Å²) in [7, 11) is -3.59. The van der Waals surface area contributed by atoms with Crippen LogP contribution in [0.1, 0.15) is 11.1 Å². The summed E-state index contributed by atoms with van der Waals surface area (Å²) in [6.45, 7) is -0.352. The minimum atomic E-state index is -3.59. The van der Waals surface area contributed by atoms with Crippen molar-refractivity contribution in [3.8, 4) is 0 Å². The zero-order valence-corrected chi connectivity index (χ0v) is 21.8. The molecule has 4 aromatic carbocycles. The lowest BCUT2D eigenvalue weighted by molar-refractivity contribution is -0.385. The molecule has 0 saturated carbocycles. The monoisotopic (exact) mass is 554 g/mol. The van der Waals surface area contributed by atoms with E-state index in [1.54, 1.807) is 0 Å². The Hall–Kier alpha value is -3.60. The van der Waals surface area contributed by atoms with Crippen molar-refractivity contribution in [2.24, 2.45) is 0 Å². The second-order valence-corrected chi connectivity index (χ2v) is 11.8. The number of nitro benzene ring substituents is 2. The number of rotatable bonds is 10. The SMILES string of the molecule is O=[N+]([O-])c1ccc(Cl)cc1CO[Si](OCc1cc(Cl)ccc1[N+](=O)[O-])(c1ccccc1)c1ccccc1. The van der Waals surface area contributed by atoms with Gasteiger partial charge in [0.2, 0.25) is 0 Å². The third-order valence-corrected chi connectivity index (χ3v) is 9.40. The molecular formula is C26H20Cl2N2O6Si. The van der Waals surface area contributed by atoms with E-state index in [4.69, 9.17) is 32.1 Å². The molecule has 8 nitrogen and oxygen atoms in total. The molecule has 0 atom stereocenters. The number of hydrogen-bond acceptors (Lipinski definition) is 6. The quantitative estimate of drug-likeness (QED) is 0.139. The van der Waals surface area contributed by atoms with Crippen molar-refractivity contribution in [3.05, 3.63) is 138 Å². The maximum atomic E-state index is 11.7. The summed E-state index contributed by atoms with van der Waals surface area (Å²) < 4.78 is 13.1. The van der Waals surface area contributed by atoms with Gasteiger partial charge in [-0.2, -0.15) is 0 Å². The van der Waals surface area contributed by atoms with Gasteiger partial charge in [-0.3, -0.25) is 20.2 Å². The fourth-order valence-electron chi connectivity index (χ4n) is 3.91. The van der Waals surface area contributed by atoms with Crippen molar-refractivity contribution < 1.29 is 18.7 Å². The number of nitro groups is 2. The summed E-state index contributed by atoms with van der Waals surface area (Å²) >= 11 is 12.3. The Morgan fingerprint density at radius 1 is 0.622 bits per heavy atom. The summed E-state index contributed by atoms with van der Waals surface area (Å²) in [6.07, 6.45) is 0. The summed E-state index contributed by atoms with van der Waals surface area (Å²) in [5.74, 6) is 0. The van der Waals surface area contributed by atoms with Crippen LogP contribution in [0.3, 0.4) is 0 Å². The first-order valence-corrected chi connectivity index (χ1v) is 13.6. The van der Waals surface area contributed by atoms with Gasteiger partial charge in [0.05, 0.1) is 34.2 Å². The van der Waals surface area contributed by atoms with Gasteiger partial charge in [-0.25, -0.2) is 0 Å². The van der Waals surface area contributed by atoms with Crippen molar-refractivity contribution >= 4 is 53.5 Å². The molecule has 0 fully saturated rings. The molecule has 11 heteroatoms. The first kappa shape index (κ1) is 26.5. The smallest absolute Gasteiger partial charge is 0.383 e. The predicted molar refractivity (Wildman–Crippen MR) is 144 cm³/mol. The molecule has 0 saturated heterocycles. The van der Waals surface area contributed by atoms with Crippen LogP contribution in [0.25, 0.3) is 0 Å². The topological polar surface area (TPSA) is 105 Å². The van der Waals surface area contributed by atoms with Gasteiger partial charge in [-0.05, 0) is 34.6 Å². The highest BCUT2D eigenvalue weighted by Crippen LogP contribution is 2.27. The molecule has 4 rings (SSSR count). The Balaban J connectivity index is 1.82. The molecule has 0 radical (unpaired) electrons. The van der Waals surface area contributed by atoms with Crippen LogP contribution < -0.4 is 10.4 Å². The zero-order chi connectivity index (χ0) is 26.4. The van der Waals surface area contributed by atoms with E-state index < -0.39 is 18.4 Å². The van der Waals surface area contributed by atoms with Crippen molar-refractivity contribution in [3.63, 3.8) is 0 Å². The van der Waals surface area contributed by atoms with Crippen molar-refractivity contribution in [1.29, 1.82) is 0 Å². The molecule has 0 heterocycles. The van der Waals surface area contributed by atoms with E-state index >= 15 is 0 Å². The highest BCUT2D eigenvalue weighted by Gasteiger charge is 2.43. The van der Waals surface area contributed by atoms with Gasteiger partial charge in [0.1, 0.15) is 0 Å². The van der Waals surface area contributed by atoms with E-state index in [1.165, 1.54) is 36.4 Å². The fraction of sp³-hybridized carbons (Fsp3) is 0.0769. The first-order chi connectivity index (χ1) is 17.8. The van der Waals surface area contributed by atoms with E-state index in [2.05, 4.69) is 0 Å². The van der Waals surface area contributed by atoms with Gasteiger partial charge in [-0.15, -0.1) is 0 Å². The molecule has 0 unspecified atom stereocenters. The first-order valence-electron chi connectivity index (χ1n) is 11.0. The van der Waals surface area contributed by atoms with E-state index in [1.807, 2.05) is 60.7 Å². The summed E-state index contributed by atoms with van der Waals surface area (Å²) in [5, 5.41) is 25.4. The third-order valence-electron chi connectivity index (χ3n) is 5.65. The molecule has 37 heavy (non-hydrogen) atoms. The minimum Gasteiger partial charge on any atom is -0.383 e. The summed E-state index contributed by atoms with van der Waals surface area (Å²) in [6, 6.07) is 26.9. The lowest BCUT2D eigenvalue weighted by Crippen LogP contribution is -2.63. The lowest BCUT2D eigenvalue weighted by Gasteiger charge is -2.31. The molecule has 0 amide bonds. The number of halogens is 2. The largest absolute Gasteiger partial charge is 0.407 e. The lowest BCUT2D eigenvalue weighted by atomic mass is 10.2. The number of nitrogens with zero attached hydrogens (tertiary/aromatic N) is 2. The highest BCUT2D eigenvalue weighted by atomic mass is 35.5. The molecule has 0 aliphatic heterocycles. The molecule has 0 N–H and O–H groups in total. The fourth-order valence-corrected chi connectivity index (χ4v) is 7.36. The standard InChI is InChI=1S/C26H20Cl2N2O6Si/c27-21-11-13-25(29(31)32)19(15-21)17-35-37(23-7-3-1-4-8-23,24-9-5-2-6-10-24)36-18-20-16-22(28)12-14-26(20)30(33)34/h1-16H,17-18H2. The van der Waals surface area contributed by atoms with Crippen LogP contribution in [-0.4, -0.2) is 18.4 Å². The predicted octanol–water partition coefficient (Wildman–Crippen LogP) is 5.80.